The molecule has 1 rings (SSSR count). The van der Waals surface area contributed by atoms with Gasteiger partial charge in [-0.3, -0.25) is 0 Å². The van der Waals surface area contributed by atoms with Crippen molar-refractivity contribution in [3.05, 3.63) is 48.6 Å². The van der Waals surface area contributed by atoms with Gasteiger partial charge in [-0.1, -0.05) is 48.6 Å². The molecule has 256 valence electrons. The van der Waals surface area contributed by atoms with Crippen molar-refractivity contribution in [1.29, 1.82) is 0 Å². The minimum Gasteiger partial charge on any atom is -0.416 e. The van der Waals surface area contributed by atoms with Crippen LogP contribution in [-0.2, 0) is 35.4 Å². The fourth-order valence-corrected chi connectivity index (χ4v) is 28.6. The van der Waals surface area contributed by atoms with Crippen LogP contribution in [0.15, 0.2) is 48.6 Å². The molecule has 1 aliphatic heterocycles. The molecule has 0 radical (unpaired) electrons. The van der Waals surface area contributed by atoms with Crippen LogP contribution in [0, 0.1) is 0 Å². The first-order chi connectivity index (χ1) is 20.5. The zero-order valence-electron chi connectivity index (χ0n) is 29.4. The molecule has 1 aliphatic rings. The van der Waals surface area contributed by atoms with Crippen LogP contribution in [0.4, 0.5) is 0 Å². The highest BCUT2D eigenvalue weighted by Crippen LogP contribution is 2.40. The predicted molar refractivity (Wildman–Crippen MR) is 191 cm³/mol. The summed E-state index contributed by atoms with van der Waals surface area (Å²) in [5.74, 6) is 0. The second-order valence-electron chi connectivity index (χ2n) is 13.5. The zero-order valence-corrected chi connectivity index (χ0v) is 33.4. The summed E-state index contributed by atoms with van der Waals surface area (Å²) in [6, 6.07) is 3.23. The molecule has 0 atom stereocenters. The maximum atomic E-state index is 7.58. The van der Waals surface area contributed by atoms with Crippen molar-refractivity contribution in [2.24, 2.45) is 0 Å². The van der Waals surface area contributed by atoms with Crippen LogP contribution < -0.4 is 0 Å². The van der Waals surface area contributed by atoms with Gasteiger partial charge in [0.15, 0.2) is 0 Å². The van der Waals surface area contributed by atoms with Gasteiger partial charge in [0.05, 0.1) is 26.4 Å². The van der Waals surface area contributed by atoms with E-state index in [1.807, 2.05) is 27.7 Å². The summed E-state index contributed by atoms with van der Waals surface area (Å²) >= 11 is 0. The van der Waals surface area contributed by atoms with Crippen molar-refractivity contribution in [1.82, 2.24) is 0 Å². The molecule has 12 heteroatoms. The summed E-state index contributed by atoms with van der Waals surface area (Å²) in [6.07, 6.45) is 3.35. The van der Waals surface area contributed by atoms with Gasteiger partial charge in [-0.25, -0.2) is 0 Å². The minimum absolute atomic E-state index is 0.560. The molecular formula is C32H64O8Si4. The summed E-state index contributed by atoms with van der Waals surface area (Å²) in [6.45, 7) is 37.1. The monoisotopic (exact) mass is 688 g/mol. The first-order valence-corrected chi connectivity index (χ1v) is 26.3. The highest BCUT2D eigenvalue weighted by atomic mass is 28.5. The third-order valence-electron chi connectivity index (χ3n) is 6.51. The van der Waals surface area contributed by atoms with Crippen molar-refractivity contribution < 1.29 is 35.4 Å². The van der Waals surface area contributed by atoms with Gasteiger partial charge < -0.3 is 35.4 Å². The van der Waals surface area contributed by atoms with E-state index in [-0.39, 0.29) is 0 Å². The topological polar surface area (TPSA) is 73.8 Å². The third-order valence-corrected chi connectivity index (χ3v) is 24.8. The van der Waals surface area contributed by atoms with E-state index in [1.54, 1.807) is 0 Å². The normalized spacial score (nSPS) is 18.7. The van der Waals surface area contributed by atoms with Gasteiger partial charge in [0.25, 0.3) is 0 Å². The number of hydrogen-bond donors (Lipinski definition) is 0. The SMILES string of the molecule is C=C(C)COCCC[Si]1(CCCOCC(=C)C)O[Si](C)(C)O[Si](C)(C)O[Si](CCCOCC(=C)C)(CCCOCC(=C)C)O1. The molecule has 44 heavy (non-hydrogen) atoms. The van der Waals surface area contributed by atoms with Crippen LogP contribution in [0.25, 0.3) is 0 Å². The van der Waals surface area contributed by atoms with Crippen LogP contribution in [0.3, 0.4) is 0 Å². The Morgan fingerprint density at radius 2 is 0.682 bits per heavy atom. The molecule has 0 aromatic rings. The van der Waals surface area contributed by atoms with E-state index in [0.717, 1.165) is 72.2 Å². The minimum atomic E-state index is -2.84. The Hall–Kier alpha value is -0.492. The van der Waals surface area contributed by atoms with Crippen LogP contribution >= 0.6 is 0 Å². The lowest BCUT2D eigenvalue weighted by molar-refractivity contribution is 0.143. The lowest BCUT2D eigenvalue weighted by Crippen LogP contribution is -2.67. The fourth-order valence-electron chi connectivity index (χ4n) is 5.33. The van der Waals surface area contributed by atoms with Gasteiger partial charge >= 0.3 is 34.2 Å². The molecule has 0 aliphatic carbocycles. The molecule has 1 fully saturated rings. The molecular weight excluding hydrogens is 625 g/mol. The summed E-state index contributed by atoms with van der Waals surface area (Å²) < 4.78 is 52.5. The molecule has 0 spiro atoms. The van der Waals surface area contributed by atoms with Crippen LogP contribution in [0.5, 0.6) is 0 Å². The number of hydrogen-bond acceptors (Lipinski definition) is 8. The van der Waals surface area contributed by atoms with Gasteiger partial charge in [-0.15, -0.1) is 0 Å². The predicted octanol–water partition coefficient (Wildman–Crippen LogP) is 8.29. The number of rotatable bonds is 24. The van der Waals surface area contributed by atoms with E-state index >= 15 is 0 Å². The summed E-state index contributed by atoms with van der Waals surface area (Å²) in [4.78, 5) is 0. The molecule has 1 heterocycles. The highest BCUT2D eigenvalue weighted by Gasteiger charge is 2.56. The first kappa shape index (κ1) is 41.5. The molecule has 0 N–H and O–H groups in total. The van der Waals surface area contributed by atoms with Crippen molar-refractivity contribution in [2.45, 2.75) is 104 Å². The van der Waals surface area contributed by atoms with Crippen LogP contribution in [0.1, 0.15) is 53.4 Å². The Bertz CT molecular complexity index is 791. The molecule has 0 aromatic heterocycles. The first-order valence-electron chi connectivity index (χ1n) is 16.2. The lowest BCUT2D eigenvalue weighted by atomic mass is 10.4. The standard InChI is InChI=1S/C32H64O8Si4/c1-29(2)25-33-17-13-21-43(22-14-18-34-26-30(3)4)38-41(9,10)37-42(11,12)39-44(40-43,23-15-19-35-27-31(5)6)24-16-20-36-28-32(7)8/h1,3,5,7,13-28H2,2,4,6,8-12H3. The lowest BCUT2D eigenvalue weighted by Gasteiger charge is -2.51. The third kappa shape index (κ3) is 19.2. The van der Waals surface area contributed by atoms with Crippen molar-refractivity contribution in [3.63, 3.8) is 0 Å². The smallest absolute Gasteiger partial charge is 0.320 e. The van der Waals surface area contributed by atoms with Crippen molar-refractivity contribution >= 4 is 34.2 Å². The quantitative estimate of drug-likeness (QED) is 0.0570. The second-order valence-corrected chi connectivity index (χ2v) is 28.0. The number of ether oxygens (including phenoxy) is 4. The molecule has 0 saturated carbocycles. The highest BCUT2D eigenvalue weighted by molar-refractivity contribution is 6.94. The molecule has 0 aromatic carbocycles. The van der Waals surface area contributed by atoms with Crippen molar-refractivity contribution in [3.8, 4) is 0 Å². The van der Waals surface area contributed by atoms with E-state index in [2.05, 4.69) is 52.5 Å². The molecule has 1 saturated heterocycles. The van der Waals surface area contributed by atoms with Gasteiger partial charge in [-0.2, -0.15) is 0 Å². The van der Waals surface area contributed by atoms with E-state index in [9.17, 15) is 0 Å². The summed E-state index contributed by atoms with van der Waals surface area (Å²) in [5.41, 5.74) is 4.06. The van der Waals surface area contributed by atoms with E-state index in [4.69, 9.17) is 35.4 Å². The fraction of sp³-hybridized carbons (Fsp3) is 0.750. The van der Waals surface area contributed by atoms with E-state index < -0.39 is 34.2 Å². The van der Waals surface area contributed by atoms with Crippen LogP contribution in [0.2, 0.25) is 50.4 Å². The van der Waals surface area contributed by atoms with Gasteiger partial charge in [-0.05, 0) is 104 Å². The zero-order chi connectivity index (χ0) is 33.3. The largest absolute Gasteiger partial charge is 0.416 e. The summed E-state index contributed by atoms with van der Waals surface area (Å²) in [5, 5.41) is 0. The maximum absolute atomic E-state index is 7.58. The average Bonchev–Trinajstić information content (AvgIpc) is 2.85. The molecule has 8 nitrogen and oxygen atoms in total. The maximum Gasteiger partial charge on any atom is 0.320 e. The van der Waals surface area contributed by atoms with Gasteiger partial charge in [0.2, 0.25) is 0 Å². The molecule has 0 bridgehead atoms. The Morgan fingerprint density at radius 3 is 0.909 bits per heavy atom. The Labute approximate surface area is 274 Å². The van der Waals surface area contributed by atoms with Crippen molar-refractivity contribution in [2.75, 3.05) is 52.9 Å². The summed E-state index contributed by atoms with van der Waals surface area (Å²) in [7, 11) is -10.8. The van der Waals surface area contributed by atoms with Crippen LogP contribution in [-0.4, -0.2) is 87.1 Å². The van der Waals surface area contributed by atoms with E-state index in [0.29, 0.717) is 52.9 Å². The van der Waals surface area contributed by atoms with E-state index in [1.165, 1.54) is 0 Å². The van der Waals surface area contributed by atoms with Gasteiger partial charge in [0, 0.05) is 26.4 Å². The molecule has 0 amide bonds. The molecule has 0 unspecified atom stereocenters. The average molecular weight is 689 g/mol. The Balaban J connectivity index is 3.37. The van der Waals surface area contributed by atoms with Gasteiger partial charge in [0.1, 0.15) is 0 Å². The second kappa shape index (κ2) is 20.7. The Kier molecular flexibility index (Phi) is 19.5. The Morgan fingerprint density at radius 1 is 0.432 bits per heavy atom.